The van der Waals surface area contributed by atoms with Gasteiger partial charge in [-0.25, -0.2) is 4.21 Å². The Balaban J connectivity index is 2.43. The van der Waals surface area contributed by atoms with Gasteiger partial charge in [0.2, 0.25) is 0 Å². The Kier molecular flexibility index (Phi) is 4.33. The number of allylic oxidation sites excluding steroid dienone is 3. The first-order valence-electron chi connectivity index (χ1n) is 5.87. The molecule has 96 valence electrons. The summed E-state index contributed by atoms with van der Waals surface area (Å²) in [6.07, 6.45) is 6.33. The fourth-order valence-corrected chi connectivity index (χ4v) is 2.59. The standard InChI is InChI=1S/C14H16O3S/c1-17-14-9-5-4-8-13(14)11-6-2-3-7-12(10-11)18(15)16/h4-5,7-10H,2-3,6H2,1H3,(H,15,16). The first kappa shape index (κ1) is 13.1. The van der Waals surface area contributed by atoms with E-state index in [9.17, 15) is 8.76 Å². The Morgan fingerprint density at radius 2 is 2.11 bits per heavy atom. The summed E-state index contributed by atoms with van der Waals surface area (Å²) in [5, 5.41) is 0. The molecule has 0 aliphatic heterocycles. The number of hydrogen-bond donors (Lipinski definition) is 1. The summed E-state index contributed by atoms with van der Waals surface area (Å²) in [4.78, 5) is 0.480. The van der Waals surface area contributed by atoms with Crippen LogP contribution in [0.15, 0.2) is 41.3 Å². The first-order chi connectivity index (χ1) is 8.72. The summed E-state index contributed by atoms with van der Waals surface area (Å²) in [7, 11) is 1.64. The molecule has 0 saturated carbocycles. The maximum absolute atomic E-state index is 11.2. The normalized spacial score (nSPS) is 17.4. The average Bonchev–Trinajstić information content (AvgIpc) is 2.64. The zero-order chi connectivity index (χ0) is 13.0. The van der Waals surface area contributed by atoms with Crippen molar-refractivity contribution < 1.29 is 13.5 Å². The van der Waals surface area contributed by atoms with Gasteiger partial charge in [-0.3, -0.25) is 0 Å². The van der Waals surface area contributed by atoms with Crippen LogP contribution in [0.3, 0.4) is 0 Å². The van der Waals surface area contributed by atoms with E-state index in [4.69, 9.17) is 4.74 Å². The minimum absolute atomic E-state index is 0.480. The van der Waals surface area contributed by atoms with Gasteiger partial charge in [0.1, 0.15) is 5.75 Å². The van der Waals surface area contributed by atoms with E-state index in [0.717, 1.165) is 36.1 Å². The first-order valence-corrected chi connectivity index (χ1v) is 6.98. The highest BCUT2D eigenvalue weighted by atomic mass is 32.2. The Hall–Kier alpha value is -1.39. The lowest BCUT2D eigenvalue weighted by Crippen LogP contribution is -1.93. The van der Waals surface area contributed by atoms with E-state index < -0.39 is 11.1 Å². The molecule has 1 unspecified atom stereocenters. The summed E-state index contributed by atoms with van der Waals surface area (Å²) in [5.74, 6) is 0.800. The second-order valence-corrected chi connectivity index (χ2v) is 5.09. The van der Waals surface area contributed by atoms with Crippen LogP contribution in [-0.2, 0) is 11.1 Å². The third kappa shape index (κ3) is 2.89. The van der Waals surface area contributed by atoms with E-state index >= 15 is 0 Å². The highest BCUT2D eigenvalue weighted by Crippen LogP contribution is 2.32. The van der Waals surface area contributed by atoms with Crippen molar-refractivity contribution in [1.29, 1.82) is 0 Å². The lowest BCUT2D eigenvalue weighted by atomic mass is 10.0. The summed E-state index contributed by atoms with van der Waals surface area (Å²) in [6.45, 7) is 0. The zero-order valence-electron chi connectivity index (χ0n) is 10.3. The molecular formula is C14H16O3S. The van der Waals surface area contributed by atoms with Crippen molar-refractivity contribution in [2.24, 2.45) is 0 Å². The molecule has 4 heteroatoms. The van der Waals surface area contributed by atoms with Gasteiger partial charge in [0.05, 0.1) is 12.0 Å². The van der Waals surface area contributed by atoms with Crippen molar-refractivity contribution in [3.63, 3.8) is 0 Å². The molecule has 1 aliphatic carbocycles. The van der Waals surface area contributed by atoms with Crippen LogP contribution in [0.1, 0.15) is 24.8 Å². The summed E-state index contributed by atoms with van der Waals surface area (Å²) in [6, 6.07) is 7.75. The van der Waals surface area contributed by atoms with E-state index in [-0.39, 0.29) is 0 Å². The number of rotatable bonds is 3. The molecule has 0 aromatic heterocycles. The van der Waals surface area contributed by atoms with E-state index in [2.05, 4.69) is 0 Å². The van der Waals surface area contributed by atoms with Crippen LogP contribution >= 0.6 is 0 Å². The molecule has 1 aromatic rings. The second kappa shape index (κ2) is 5.98. The van der Waals surface area contributed by atoms with Crippen LogP contribution in [0.2, 0.25) is 0 Å². The van der Waals surface area contributed by atoms with Gasteiger partial charge >= 0.3 is 0 Å². The van der Waals surface area contributed by atoms with Gasteiger partial charge in [0.15, 0.2) is 11.1 Å². The third-order valence-electron chi connectivity index (χ3n) is 2.97. The highest BCUT2D eigenvalue weighted by molar-refractivity contribution is 7.83. The summed E-state index contributed by atoms with van der Waals surface area (Å²) in [5.41, 5.74) is 2.05. The molecule has 0 fully saturated rings. The molecule has 0 amide bonds. The predicted octanol–water partition coefficient (Wildman–Crippen LogP) is 3.37. The Morgan fingerprint density at radius 1 is 1.33 bits per heavy atom. The number of methoxy groups -OCH3 is 1. The molecule has 3 nitrogen and oxygen atoms in total. The SMILES string of the molecule is COc1ccccc1C1=CC(S(=O)O)=CCCC1. The third-order valence-corrected chi connectivity index (χ3v) is 3.65. The van der Waals surface area contributed by atoms with Gasteiger partial charge < -0.3 is 9.29 Å². The number of para-hydroxylation sites is 1. The van der Waals surface area contributed by atoms with Gasteiger partial charge in [-0.05, 0) is 37.0 Å². The zero-order valence-corrected chi connectivity index (χ0v) is 11.1. The molecule has 1 atom stereocenters. The minimum atomic E-state index is -1.92. The number of ether oxygens (including phenoxy) is 1. The Morgan fingerprint density at radius 3 is 2.83 bits per heavy atom. The average molecular weight is 264 g/mol. The van der Waals surface area contributed by atoms with Gasteiger partial charge in [0, 0.05) is 5.56 Å². The molecule has 0 spiro atoms. The van der Waals surface area contributed by atoms with Crippen LogP contribution in [0.4, 0.5) is 0 Å². The number of benzene rings is 1. The molecule has 0 heterocycles. The van der Waals surface area contributed by atoms with Crippen molar-refractivity contribution in [3.05, 3.63) is 46.9 Å². The molecule has 1 aliphatic rings. The minimum Gasteiger partial charge on any atom is -0.496 e. The number of hydrogen-bond acceptors (Lipinski definition) is 2. The van der Waals surface area contributed by atoms with Crippen molar-refractivity contribution >= 4 is 16.7 Å². The topological polar surface area (TPSA) is 46.5 Å². The molecule has 1 N–H and O–H groups in total. The lowest BCUT2D eigenvalue weighted by Gasteiger charge is -2.11. The molecule has 1 aromatic carbocycles. The fourth-order valence-electron chi connectivity index (χ4n) is 2.08. The predicted molar refractivity (Wildman–Crippen MR) is 73.7 cm³/mol. The van der Waals surface area contributed by atoms with Crippen molar-refractivity contribution in [2.45, 2.75) is 19.3 Å². The van der Waals surface area contributed by atoms with Crippen molar-refractivity contribution in [2.75, 3.05) is 7.11 Å². The van der Waals surface area contributed by atoms with Gasteiger partial charge in [0.25, 0.3) is 0 Å². The largest absolute Gasteiger partial charge is 0.496 e. The van der Waals surface area contributed by atoms with E-state index in [0.29, 0.717) is 4.91 Å². The molecule has 0 radical (unpaired) electrons. The van der Waals surface area contributed by atoms with Crippen LogP contribution in [0.5, 0.6) is 5.75 Å². The smallest absolute Gasteiger partial charge is 0.186 e. The maximum Gasteiger partial charge on any atom is 0.186 e. The van der Waals surface area contributed by atoms with E-state index in [1.54, 1.807) is 13.2 Å². The Bertz CT molecular complexity index is 518. The summed E-state index contributed by atoms with van der Waals surface area (Å²) < 4.78 is 25.8. The molecule has 18 heavy (non-hydrogen) atoms. The molecule has 0 saturated heterocycles. The summed E-state index contributed by atoms with van der Waals surface area (Å²) >= 11 is -1.92. The van der Waals surface area contributed by atoms with E-state index in [1.807, 2.05) is 30.3 Å². The molecule has 2 rings (SSSR count). The van der Waals surface area contributed by atoms with Crippen molar-refractivity contribution in [1.82, 2.24) is 0 Å². The quantitative estimate of drug-likeness (QED) is 0.851. The highest BCUT2D eigenvalue weighted by Gasteiger charge is 2.13. The second-order valence-electron chi connectivity index (χ2n) is 4.12. The van der Waals surface area contributed by atoms with Crippen molar-refractivity contribution in [3.8, 4) is 5.75 Å². The monoisotopic (exact) mass is 264 g/mol. The molecule has 0 bridgehead atoms. The van der Waals surface area contributed by atoms with Crippen LogP contribution in [-0.4, -0.2) is 15.9 Å². The molecular weight excluding hydrogens is 248 g/mol. The van der Waals surface area contributed by atoms with Gasteiger partial charge in [-0.1, -0.05) is 24.3 Å². The lowest BCUT2D eigenvalue weighted by molar-refractivity contribution is 0.413. The van der Waals surface area contributed by atoms with Gasteiger partial charge in [-0.15, -0.1) is 0 Å². The Labute approximate surface area is 109 Å². The fraction of sp³-hybridized carbons (Fsp3) is 0.286. The maximum atomic E-state index is 11.2. The van der Waals surface area contributed by atoms with Gasteiger partial charge in [-0.2, -0.15) is 0 Å². The van der Waals surface area contributed by atoms with Crippen LogP contribution in [0.25, 0.3) is 5.57 Å². The van der Waals surface area contributed by atoms with Crippen LogP contribution in [0, 0.1) is 0 Å². The van der Waals surface area contributed by atoms with E-state index in [1.165, 1.54) is 0 Å². The van der Waals surface area contributed by atoms with Crippen LogP contribution < -0.4 is 4.74 Å².